The second-order valence-corrected chi connectivity index (χ2v) is 8.27. The van der Waals surface area contributed by atoms with Crippen molar-refractivity contribution in [1.29, 1.82) is 0 Å². The Bertz CT molecular complexity index is 1490. The van der Waals surface area contributed by atoms with Crippen LogP contribution in [0.1, 0.15) is 11.3 Å². The smallest absolute Gasteiger partial charge is 0.431 e. The van der Waals surface area contributed by atoms with Crippen molar-refractivity contribution >= 4 is 33.2 Å². The quantitative estimate of drug-likeness (QED) is 0.421. The largest absolute Gasteiger partial charge is 0.496 e. The molecule has 6 nitrogen and oxygen atoms in total. The van der Waals surface area contributed by atoms with Gasteiger partial charge in [0.05, 0.1) is 28.2 Å². The van der Waals surface area contributed by atoms with E-state index >= 15 is 0 Å². The lowest BCUT2D eigenvalue weighted by Crippen LogP contribution is -2.40. The molecule has 0 atom stereocenters. The standard InChI is InChI=1S/C21H15ClF3N3O3S/c1-10-6-12(14(22)8-15(10)31-3)19-13-7-11(4-5-16(13)32-26-19)28-18(29)9-17(21(23,24)25)27(2)20(28)30/h4-9H,1-3H3. The molecule has 0 amide bonds. The van der Waals surface area contributed by atoms with Crippen LogP contribution in [0.2, 0.25) is 5.02 Å². The van der Waals surface area contributed by atoms with E-state index in [4.69, 9.17) is 16.3 Å². The van der Waals surface area contributed by atoms with E-state index in [-0.39, 0.29) is 5.69 Å². The summed E-state index contributed by atoms with van der Waals surface area (Å²) in [5, 5.41) is 1.00. The number of rotatable bonds is 3. The van der Waals surface area contributed by atoms with Gasteiger partial charge in [-0.05, 0) is 54.4 Å². The molecule has 166 valence electrons. The van der Waals surface area contributed by atoms with Gasteiger partial charge in [0.25, 0.3) is 5.56 Å². The van der Waals surface area contributed by atoms with E-state index in [1.807, 2.05) is 13.0 Å². The molecule has 2 aromatic carbocycles. The predicted octanol–water partition coefficient (Wildman–Crippen LogP) is 4.80. The summed E-state index contributed by atoms with van der Waals surface area (Å²) in [4.78, 5) is 25.1. The second kappa shape index (κ2) is 7.79. The number of methoxy groups -OCH3 is 1. The first-order chi connectivity index (χ1) is 15.0. The number of aromatic nitrogens is 3. The van der Waals surface area contributed by atoms with Gasteiger partial charge in [-0.15, -0.1) is 0 Å². The number of ether oxygens (including phenoxy) is 1. The topological polar surface area (TPSA) is 66.1 Å². The molecule has 2 aromatic heterocycles. The van der Waals surface area contributed by atoms with Crippen LogP contribution in [0, 0.1) is 6.92 Å². The van der Waals surface area contributed by atoms with Crippen LogP contribution in [0.15, 0.2) is 46.0 Å². The van der Waals surface area contributed by atoms with Gasteiger partial charge in [-0.1, -0.05) is 11.6 Å². The number of fused-ring (bicyclic) bond motifs is 1. The third kappa shape index (κ3) is 3.59. The van der Waals surface area contributed by atoms with Crippen molar-refractivity contribution in [3.63, 3.8) is 0 Å². The second-order valence-electron chi connectivity index (χ2n) is 7.06. The van der Waals surface area contributed by atoms with Crippen LogP contribution in [-0.4, -0.2) is 20.6 Å². The molecule has 4 rings (SSSR count). The Hall–Kier alpha value is -3.11. The summed E-state index contributed by atoms with van der Waals surface area (Å²) in [6.07, 6.45) is -4.83. The van der Waals surface area contributed by atoms with Gasteiger partial charge in [0.15, 0.2) is 0 Å². The number of halogens is 4. The third-order valence-corrected chi connectivity index (χ3v) is 6.20. The lowest BCUT2D eigenvalue weighted by atomic mass is 10.0. The van der Waals surface area contributed by atoms with Crippen molar-refractivity contribution in [2.24, 2.45) is 7.05 Å². The van der Waals surface area contributed by atoms with Crippen LogP contribution >= 0.6 is 23.1 Å². The van der Waals surface area contributed by atoms with E-state index in [0.29, 0.717) is 42.6 Å². The van der Waals surface area contributed by atoms with Gasteiger partial charge >= 0.3 is 11.9 Å². The van der Waals surface area contributed by atoms with Gasteiger partial charge in [0.1, 0.15) is 11.4 Å². The van der Waals surface area contributed by atoms with Crippen LogP contribution < -0.4 is 16.0 Å². The highest BCUT2D eigenvalue weighted by Crippen LogP contribution is 2.38. The van der Waals surface area contributed by atoms with Gasteiger partial charge in [-0.3, -0.25) is 9.36 Å². The van der Waals surface area contributed by atoms with Gasteiger partial charge in [0, 0.05) is 24.1 Å². The molecular formula is C21H15ClF3N3O3S. The highest BCUT2D eigenvalue weighted by Gasteiger charge is 2.35. The van der Waals surface area contributed by atoms with Crippen LogP contribution in [0.3, 0.4) is 0 Å². The molecule has 0 bridgehead atoms. The lowest BCUT2D eigenvalue weighted by molar-refractivity contribution is -0.144. The molecule has 0 saturated carbocycles. The number of alkyl halides is 3. The first kappa shape index (κ1) is 22.1. The van der Waals surface area contributed by atoms with Gasteiger partial charge < -0.3 is 4.74 Å². The number of hydrogen-bond donors (Lipinski definition) is 0. The molecule has 0 aliphatic carbocycles. The number of aryl methyl sites for hydroxylation is 1. The minimum absolute atomic E-state index is 0.125. The maximum atomic E-state index is 13.1. The lowest BCUT2D eigenvalue weighted by Gasteiger charge is -2.14. The summed E-state index contributed by atoms with van der Waals surface area (Å²) in [6.45, 7) is 1.85. The monoisotopic (exact) mass is 481 g/mol. The average Bonchev–Trinajstić information content (AvgIpc) is 3.14. The summed E-state index contributed by atoms with van der Waals surface area (Å²) >= 11 is 7.62. The van der Waals surface area contributed by atoms with E-state index in [9.17, 15) is 22.8 Å². The normalized spacial score (nSPS) is 11.8. The first-order valence-electron chi connectivity index (χ1n) is 9.17. The van der Waals surface area contributed by atoms with Crippen LogP contribution in [0.4, 0.5) is 13.2 Å². The molecular weight excluding hydrogens is 467 g/mol. The third-order valence-electron chi connectivity index (χ3n) is 5.06. The highest BCUT2D eigenvalue weighted by atomic mass is 35.5. The molecule has 0 spiro atoms. The van der Waals surface area contributed by atoms with Gasteiger partial charge in [-0.2, -0.15) is 17.5 Å². The van der Waals surface area contributed by atoms with Crippen molar-refractivity contribution in [2.75, 3.05) is 7.11 Å². The van der Waals surface area contributed by atoms with E-state index in [0.717, 1.165) is 17.3 Å². The molecule has 0 fully saturated rings. The maximum Gasteiger partial charge on any atom is 0.431 e. The fourth-order valence-corrected chi connectivity index (χ4v) is 4.47. The molecule has 0 unspecified atom stereocenters. The number of benzene rings is 2. The molecule has 11 heteroatoms. The predicted molar refractivity (Wildman–Crippen MR) is 117 cm³/mol. The highest BCUT2D eigenvalue weighted by molar-refractivity contribution is 7.13. The Morgan fingerprint density at radius 3 is 2.50 bits per heavy atom. The zero-order chi connectivity index (χ0) is 23.4. The number of hydrogen-bond acceptors (Lipinski definition) is 5. The van der Waals surface area contributed by atoms with Crippen molar-refractivity contribution in [2.45, 2.75) is 13.1 Å². The Balaban J connectivity index is 1.94. The molecule has 32 heavy (non-hydrogen) atoms. The summed E-state index contributed by atoms with van der Waals surface area (Å²) in [6, 6.07) is 8.56. The van der Waals surface area contributed by atoms with E-state index in [1.54, 1.807) is 18.2 Å². The fraction of sp³-hybridized carbons (Fsp3) is 0.190. The first-order valence-corrected chi connectivity index (χ1v) is 10.3. The minimum atomic E-state index is -4.83. The SMILES string of the molecule is COc1cc(Cl)c(-c2nsc3ccc(-n4c(=O)cc(C(F)(F)F)n(C)c4=O)cc23)cc1C. The summed E-state index contributed by atoms with van der Waals surface area (Å²) < 4.78 is 51.0. The fourth-order valence-electron chi connectivity index (χ4n) is 3.46. The van der Waals surface area contributed by atoms with E-state index in [1.165, 1.54) is 24.7 Å². The average molecular weight is 482 g/mol. The molecule has 0 aliphatic heterocycles. The van der Waals surface area contributed by atoms with Crippen molar-refractivity contribution in [1.82, 2.24) is 13.5 Å². The Labute approximate surface area is 188 Å². The molecule has 4 aromatic rings. The summed E-state index contributed by atoms with van der Waals surface area (Å²) in [5.74, 6) is 0.610. The van der Waals surface area contributed by atoms with Crippen molar-refractivity contribution < 1.29 is 17.9 Å². The maximum absolute atomic E-state index is 13.1. The van der Waals surface area contributed by atoms with Crippen molar-refractivity contribution in [3.05, 3.63) is 73.5 Å². The van der Waals surface area contributed by atoms with Crippen molar-refractivity contribution in [3.8, 4) is 22.7 Å². The molecule has 0 N–H and O–H groups in total. The molecule has 0 aliphatic rings. The zero-order valence-electron chi connectivity index (χ0n) is 17.0. The molecule has 0 radical (unpaired) electrons. The van der Waals surface area contributed by atoms with Crippen LogP contribution in [-0.2, 0) is 13.2 Å². The zero-order valence-corrected chi connectivity index (χ0v) is 18.5. The Kier molecular flexibility index (Phi) is 5.38. The minimum Gasteiger partial charge on any atom is -0.496 e. The molecule has 2 heterocycles. The van der Waals surface area contributed by atoms with E-state index in [2.05, 4.69) is 4.37 Å². The van der Waals surface area contributed by atoms with Crippen LogP contribution in [0.5, 0.6) is 5.75 Å². The van der Waals surface area contributed by atoms with Crippen LogP contribution in [0.25, 0.3) is 27.0 Å². The summed E-state index contributed by atoms with van der Waals surface area (Å²) in [7, 11) is 2.50. The Morgan fingerprint density at radius 2 is 1.84 bits per heavy atom. The molecule has 0 saturated heterocycles. The van der Waals surface area contributed by atoms with E-state index < -0.39 is 23.1 Å². The van der Waals surface area contributed by atoms with Gasteiger partial charge in [0.2, 0.25) is 0 Å². The number of nitrogens with zero attached hydrogens (tertiary/aromatic N) is 3. The Morgan fingerprint density at radius 1 is 1.12 bits per heavy atom. The summed E-state index contributed by atoms with van der Waals surface area (Å²) in [5.41, 5.74) is -1.39. The van der Waals surface area contributed by atoms with Gasteiger partial charge in [-0.25, -0.2) is 9.36 Å².